The lowest BCUT2D eigenvalue weighted by Gasteiger charge is -2.08. The van der Waals surface area contributed by atoms with Gasteiger partial charge in [-0.2, -0.15) is 18.3 Å². The Hall–Kier alpha value is -2.38. The first-order valence-corrected chi connectivity index (χ1v) is 6.60. The van der Waals surface area contributed by atoms with Crippen molar-refractivity contribution in [2.24, 2.45) is 11.0 Å². The van der Waals surface area contributed by atoms with Crippen molar-refractivity contribution in [3.8, 4) is 0 Å². The molecule has 1 saturated carbocycles. The van der Waals surface area contributed by atoms with Gasteiger partial charge in [0.1, 0.15) is 0 Å². The first-order chi connectivity index (χ1) is 10.3. The van der Waals surface area contributed by atoms with Crippen LogP contribution >= 0.6 is 0 Å². The third-order valence-electron chi connectivity index (χ3n) is 3.10. The number of halogens is 3. The lowest BCUT2D eigenvalue weighted by Crippen LogP contribution is -2.29. The summed E-state index contributed by atoms with van der Waals surface area (Å²) in [6, 6.07) is 5.68. The molecule has 118 valence electrons. The van der Waals surface area contributed by atoms with Crippen LogP contribution in [0, 0.1) is 5.92 Å². The van der Waals surface area contributed by atoms with Crippen LogP contribution in [0.25, 0.3) is 0 Å². The van der Waals surface area contributed by atoms with Crippen molar-refractivity contribution in [1.29, 1.82) is 0 Å². The summed E-state index contributed by atoms with van der Waals surface area (Å²) in [5, 5.41) is 5.68. The first kappa shape index (κ1) is 16.0. The number of anilines is 1. The molecule has 0 atom stereocenters. The van der Waals surface area contributed by atoms with E-state index >= 15 is 0 Å². The van der Waals surface area contributed by atoms with Crippen LogP contribution in [-0.2, 0) is 9.59 Å². The summed E-state index contributed by atoms with van der Waals surface area (Å²) in [6.07, 6.45) is -3.19. The molecule has 8 heteroatoms. The quantitative estimate of drug-likeness (QED) is 0.662. The van der Waals surface area contributed by atoms with Gasteiger partial charge in [0, 0.05) is 11.6 Å². The second-order valence-electron chi connectivity index (χ2n) is 4.98. The van der Waals surface area contributed by atoms with E-state index in [0.29, 0.717) is 11.3 Å². The molecule has 0 saturated heterocycles. The summed E-state index contributed by atoms with van der Waals surface area (Å²) in [5.74, 6) is -2.12. The summed E-state index contributed by atoms with van der Waals surface area (Å²) in [6.45, 7) is 1.66. The smallest absolute Gasteiger partial charge is 0.318 e. The molecule has 0 heterocycles. The molecule has 2 N–H and O–H groups in total. The molecule has 1 aromatic carbocycles. The van der Waals surface area contributed by atoms with Crippen LogP contribution < -0.4 is 10.7 Å². The zero-order valence-corrected chi connectivity index (χ0v) is 11.7. The van der Waals surface area contributed by atoms with Crippen molar-refractivity contribution in [3.05, 3.63) is 29.8 Å². The van der Waals surface area contributed by atoms with Crippen LogP contribution in [0.3, 0.4) is 0 Å². The maximum absolute atomic E-state index is 12.1. The third-order valence-corrected chi connectivity index (χ3v) is 3.10. The second-order valence-corrected chi connectivity index (χ2v) is 4.98. The predicted molar refractivity (Wildman–Crippen MR) is 74.2 cm³/mol. The topological polar surface area (TPSA) is 70.6 Å². The Bertz CT molecular complexity index is 605. The zero-order chi connectivity index (χ0) is 16.3. The largest absolute Gasteiger partial charge is 0.471 e. The maximum atomic E-state index is 12.1. The molecule has 1 aliphatic carbocycles. The molecule has 1 fully saturated rings. The van der Waals surface area contributed by atoms with E-state index in [9.17, 15) is 22.8 Å². The van der Waals surface area contributed by atoms with Gasteiger partial charge >= 0.3 is 12.1 Å². The Balaban J connectivity index is 1.97. The summed E-state index contributed by atoms with van der Waals surface area (Å²) >= 11 is 0. The number of alkyl halides is 3. The van der Waals surface area contributed by atoms with Crippen LogP contribution in [-0.4, -0.2) is 23.7 Å². The standard InChI is InChI=1S/C14H14F3N3O2/c1-8(19-20-12(21)10-2-3-10)9-4-6-11(7-5-9)18-13(22)14(15,16)17/h4-7,10H,2-3H2,1H3,(H,18,22)(H,20,21)/b19-8-. The van der Waals surface area contributed by atoms with Crippen molar-refractivity contribution in [2.45, 2.75) is 25.9 Å². The van der Waals surface area contributed by atoms with Crippen LogP contribution in [0.15, 0.2) is 29.4 Å². The molecule has 5 nitrogen and oxygen atoms in total. The molecular weight excluding hydrogens is 299 g/mol. The number of nitrogens with zero attached hydrogens (tertiary/aromatic N) is 1. The fraction of sp³-hybridized carbons (Fsp3) is 0.357. The molecule has 22 heavy (non-hydrogen) atoms. The van der Waals surface area contributed by atoms with Gasteiger partial charge in [-0.05, 0) is 37.5 Å². The van der Waals surface area contributed by atoms with Crippen molar-refractivity contribution in [1.82, 2.24) is 5.43 Å². The van der Waals surface area contributed by atoms with Crippen LogP contribution in [0.2, 0.25) is 0 Å². The van der Waals surface area contributed by atoms with Gasteiger partial charge in [-0.3, -0.25) is 9.59 Å². The minimum Gasteiger partial charge on any atom is -0.318 e. The number of hydrogen-bond acceptors (Lipinski definition) is 3. The average Bonchev–Trinajstić information content (AvgIpc) is 3.28. The highest BCUT2D eigenvalue weighted by molar-refractivity contribution is 6.00. The minimum absolute atomic E-state index is 0.0286. The second kappa shape index (κ2) is 6.17. The molecule has 0 bridgehead atoms. The Morgan fingerprint density at radius 2 is 1.77 bits per heavy atom. The molecule has 0 aromatic heterocycles. The minimum atomic E-state index is -4.93. The van der Waals surface area contributed by atoms with Gasteiger partial charge in [-0.25, -0.2) is 5.43 Å². The predicted octanol–water partition coefficient (Wildman–Crippen LogP) is 2.44. The van der Waals surface area contributed by atoms with E-state index in [1.807, 2.05) is 0 Å². The Kier molecular flexibility index (Phi) is 4.48. The summed E-state index contributed by atoms with van der Waals surface area (Å²) in [7, 11) is 0. The highest BCUT2D eigenvalue weighted by Crippen LogP contribution is 2.28. The van der Waals surface area contributed by atoms with E-state index in [2.05, 4.69) is 10.5 Å². The third kappa shape index (κ3) is 4.31. The number of nitrogens with one attached hydrogen (secondary N) is 2. The number of carbonyl (C=O) groups is 2. The lowest BCUT2D eigenvalue weighted by atomic mass is 10.1. The normalized spacial score (nSPS) is 15.4. The van der Waals surface area contributed by atoms with Gasteiger partial charge in [-0.1, -0.05) is 12.1 Å². The van der Waals surface area contributed by atoms with Gasteiger partial charge in [0.25, 0.3) is 0 Å². The summed E-state index contributed by atoms with van der Waals surface area (Å²) < 4.78 is 36.4. The van der Waals surface area contributed by atoms with Crippen LogP contribution in [0.5, 0.6) is 0 Å². The molecule has 2 rings (SSSR count). The highest BCUT2D eigenvalue weighted by atomic mass is 19.4. The van der Waals surface area contributed by atoms with Gasteiger partial charge in [-0.15, -0.1) is 0 Å². The van der Waals surface area contributed by atoms with Gasteiger partial charge in [0.2, 0.25) is 5.91 Å². The van der Waals surface area contributed by atoms with Crippen LogP contribution in [0.1, 0.15) is 25.3 Å². The molecule has 0 aliphatic heterocycles. The Morgan fingerprint density at radius 3 is 2.27 bits per heavy atom. The average molecular weight is 313 g/mol. The van der Waals surface area contributed by atoms with E-state index in [-0.39, 0.29) is 17.5 Å². The Labute approximate surface area is 124 Å². The number of hydrazone groups is 1. The number of rotatable bonds is 4. The van der Waals surface area contributed by atoms with Crippen molar-refractivity contribution < 1.29 is 22.8 Å². The van der Waals surface area contributed by atoms with E-state index < -0.39 is 12.1 Å². The van der Waals surface area contributed by atoms with Crippen molar-refractivity contribution >= 4 is 23.2 Å². The molecule has 0 unspecified atom stereocenters. The van der Waals surface area contributed by atoms with Crippen molar-refractivity contribution in [3.63, 3.8) is 0 Å². The monoisotopic (exact) mass is 313 g/mol. The number of carbonyl (C=O) groups excluding carboxylic acids is 2. The highest BCUT2D eigenvalue weighted by Gasteiger charge is 2.38. The van der Waals surface area contributed by atoms with Gasteiger partial charge in [0.15, 0.2) is 0 Å². The molecule has 0 radical (unpaired) electrons. The van der Waals surface area contributed by atoms with E-state index in [0.717, 1.165) is 12.8 Å². The Morgan fingerprint density at radius 1 is 1.18 bits per heavy atom. The lowest BCUT2D eigenvalue weighted by molar-refractivity contribution is -0.167. The summed E-state index contributed by atoms with van der Waals surface area (Å²) in [4.78, 5) is 22.2. The van der Waals surface area contributed by atoms with Gasteiger partial charge in [0.05, 0.1) is 5.71 Å². The fourth-order valence-corrected chi connectivity index (χ4v) is 1.64. The summed E-state index contributed by atoms with van der Waals surface area (Å²) in [5.41, 5.74) is 3.61. The molecular formula is C14H14F3N3O2. The van der Waals surface area contributed by atoms with Crippen molar-refractivity contribution in [2.75, 3.05) is 5.32 Å². The zero-order valence-electron chi connectivity index (χ0n) is 11.7. The molecule has 1 aromatic rings. The van der Waals surface area contributed by atoms with E-state index in [1.54, 1.807) is 12.2 Å². The van der Waals surface area contributed by atoms with E-state index in [4.69, 9.17) is 0 Å². The van der Waals surface area contributed by atoms with E-state index in [1.165, 1.54) is 24.3 Å². The molecule has 1 aliphatic rings. The van der Waals surface area contributed by atoms with Gasteiger partial charge < -0.3 is 5.32 Å². The first-order valence-electron chi connectivity index (χ1n) is 6.60. The van der Waals surface area contributed by atoms with Crippen LogP contribution in [0.4, 0.5) is 18.9 Å². The molecule has 0 spiro atoms. The SMILES string of the molecule is C/C(=N/NC(=O)C1CC1)c1ccc(NC(=O)C(F)(F)F)cc1. The number of amides is 2. The maximum Gasteiger partial charge on any atom is 0.471 e. The fourth-order valence-electron chi connectivity index (χ4n) is 1.64. The number of benzene rings is 1. The number of hydrogen-bond donors (Lipinski definition) is 2. The molecule has 2 amide bonds.